The number of benzene rings is 1. The molecule has 2 aromatic heterocycles. The summed E-state index contributed by atoms with van der Waals surface area (Å²) >= 11 is 7.69. The number of nitrogens with zero attached hydrogens (tertiary/aromatic N) is 3. The lowest BCUT2D eigenvalue weighted by Crippen LogP contribution is -2.67. The van der Waals surface area contributed by atoms with Crippen LogP contribution in [0.2, 0.25) is 5.02 Å². The van der Waals surface area contributed by atoms with Gasteiger partial charge in [0.2, 0.25) is 0 Å². The Morgan fingerprint density at radius 1 is 1.21 bits per heavy atom. The van der Waals surface area contributed by atoms with Crippen LogP contribution in [0, 0.1) is 5.92 Å². The van der Waals surface area contributed by atoms with Crippen LogP contribution in [0.5, 0.6) is 0 Å². The molecule has 3 aromatic rings. The zero-order valence-corrected chi connectivity index (χ0v) is 20.4. The van der Waals surface area contributed by atoms with Crippen LogP contribution in [-0.2, 0) is 20.0 Å². The number of amides is 1. The van der Waals surface area contributed by atoms with Gasteiger partial charge in [0.1, 0.15) is 4.75 Å². The molecule has 7 nitrogen and oxygen atoms in total. The third kappa shape index (κ3) is 3.19. The average molecular weight is 503 g/mol. The highest BCUT2D eigenvalue weighted by atomic mass is 35.5. The van der Waals surface area contributed by atoms with E-state index in [1.54, 1.807) is 23.6 Å². The lowest BCUT2D eigenvalue weighted by molar-refractivity contribution is -0.0311. The monoisotopic (exact) mass is 502 g/mol. The van der Waals surface area contributed by atoms with Gasteiger partial charge in [0.05, 0.1) is 16.4 Å². The normalized spacial score (nSPS) is 27.2. The summed E-state index contributed by atoms with van der Waals surface area (Å²) in [6.45, 7) is 0. The van der Waals surface area contributed by atoms with E-state index < -0.39 is 14.6 Å². The summed E-state index contributed by atoms with van der Waals surface area (Å²) in [4.78, 5) is 17.7. The molecule has 0 radical (unpaired) electrons. The minimum absolute atomic E-state index is 0.0525. The quantitative estimate of drug-likeness (QED) is 0.559. The van der Waals surface area contributed by atoms with Gasteiger partial charge in [-0.15, -0.1) is 11.3 Å². The third-order valence-corrected chi connectivity index (χ3v) is 11.1. The largest absolute Gasteiger partial charge is 0.342 e. The molecule has 0 saturated heterocycles. The van der Waals surface area contributed by atoms with E-state index in [1.165, 1.54) is 10.9 Å². The van der Waals surface area contributed by atoms with Gasteiger partial charge >= 0.3 is 6.03 Å². The summed E-state index contributed by atoms with van der Waals surface area (Å²) in [7, 11) is -3.26. The van der Waals surface area contributed by atoms with Crippen molar-refractivity contribution >= 4 is 38.8 Å². The van der Waals surface area contributed by atoms with Crippen molar-refractivity contribution in [2.24, 2.45) is 5.92 Å². The van der Waals surface area contributed by atoms with Gasteiger partial charge in [-0.25, -0.2) is 18.2 Å². The van der Waals surface area contributed by atoms with E-state index in [1.807, 2.05) is 24.3 Å². The Balaban J connectivity index is 1.14. The second-order valence-corrected chi connectivity index (χ2v) is 13.1. The van der Waals surface area contributed by atoms with Gasteiger partial charge < -0.3 is 5.32 Å². The van der Waals surface area contributed by atoms with Crippen molar-refractivity contribution in [2.75, 3.05) is 6.26 Å². The fourth-order valence-electron chi connectivity index (χ4n) is 5.47. The summed E-state index contributed by atoms with van der Waals surface area (Å²) in [5.74, 6) is 0.367. The molecule has 3 saturated carbocycles. The van der Waals surface area contributed by atoms with Crippen LogP contribution in [-0.4, -0.2) is 41.5 Å². The van der Waals surface area contributed by atoms with Crippen molar-refractivity contribution in [2.45, 2.75) is 48.3 Å². The smallest absolute Gasteiger partial charge is 0.333 e. The summed E-state index contributed by atoms with van der Waals surface area (Å²) < 4.78 is 24.6. The minimum Gasteiger partial charge on any atom is -0.333 e. The highest BCUT2D eigenvalue weighted by Gasteiger charge is 2.62. The van der Waals surface area contributed by atoms with Gasteiger partial charge in [-0.05, 0) is 56.2 Å². The lowest BCUT2D eigenvalue weighted by Gasteiger charge is -2.62. The van der Waals surface area contributed by atoms with Crippen LogP contribution in [0.15, 0.2) is 41.9 Å². The molecule has 33 heavy (non-hydrogen) atoms. The summed E-state index contributed by atoms with van der Waals surface area (Å²) in [6.07, 6.45) is 6.91. The van der Waals surface area contributed by atoms with Crippen molar-refractivity contribution in [1.82, 2.24) is 20.1 Å². The number of carbonyl (C=O) groups is 1. The van der Waals surface area contributed by atoms with E-state index in [4.69, 9.17) is 16.6 Å². The van der Waals surface area contributed by atoms with Crippen molar-refractivity contribution in [3.8, 4) is 11.3 Å². The zero-order chi connectivity index (χ0) is 23.0. The van der Waals surface area contributed by atoms with Gasteiger partial charge in [0, 0.05) is 39.9 Å². The Morgan fingerprint density at radius 2 is 1.97 bits per heavy atom. The summed E-state index contributed by atoms with van der Waals surface area (Å²) in [5.41, 5.74) is 2.53. The maximum atomic E-state index is 12.8. The van der Waals surface area contributed by atoms with Crippen LogP contribution < -0.4 is 5.32 Å². The van der Waals surface area contributed by atoms with Crippen LogP contribution in [0.1, 0.15) is 42.8 Å². The molecule has 3 aliphatic carbocycles. The summed E-state index contributed by atoms with van der Waals surface area (Å²) in [5, 5.41) is 11.3. The van der Waals surface area contributed by atoms with E-state index in [-0.39, 0.29) is 17.5 Å². The number of carbonyl (C=O) groups excluding carboxylic acids is 1. The van der Waals surface area contributed by atoms with Gasteiger partial charge in [-0.2, -0.15) is 9.78 Å². The standard InChI is InChI=1S/C23H23ClN4O3S2/c1-33(30,31)23(9-10-23)19-7-11-28(27-19)21(29)26-17-12-22(8-6-16(17)22)20-25-18(13-32-20)14-2-4-15(24)5-3-14/h2-5,7,11,13,16-17H,6,8-10,12H2,1H3,(H,26,29). The van der Waals surface area contributed by atoms with E-state index in [9.17, 15) is 13.2 Å². The zero-order valence-electron chi connectivity index (χ0n) is 18.0. The predicted octanol–water partition coefficient (Wildman–Crippen LogP) is 4.37. The Labute approximate surface area is 201 Å². The second-order valence-electron chi connectivity index (χ2n) is 9.52. The van der Waals surface area contributed by atoms with Gasteiger partial charge in [-0.1, -0.05) is 23.7 Å². The molecule has 3 atom stereocenters. The molecule has 0 spiro atoms. The number of aromatic nitrogens is 3. The van der Waals surface area contributed by atoms with E-state index >= 15 is 0 Å². The van der Waals surface area contributed by atoms with Gasteiger partial charge in [0.25, 0.3) is 0 Å². The van der Waals surface area contributed by atoms with Crippen molar-refractivity contribution in [3.63, 3.8) is 0 Å². The Bertz CT molecular complexity index is 1360. The molecule has 2 heterocycles. The summed E-state index contributed by atoms with van der Waals surface area (Å²) in [6, 6.07) is 9.12. The molecule has 1 N–H and O–H groups in total. The minimum atomic E-state index is -3.26. The molecular weight excluding hydrogens is 480 g/mol. The highest BCUT2D eigenvalue weighted by Crippen LogP contribution is 2.62. The van der Waals surface area contributed by atoms with Crippen LogP contribution in [0.3, 0.4) is 0 Å². The molecule has 172 valence electrons. The van der Waals surface area contributed by atoms with Crippen LogP contribution in [0.4, 0.5) is 4.79 Å². The number of fused-ring (bicyclic) bond motifs is 1. The maximum absolute atomic E-state index is 12.8. The second kappa shape index (κ2) is 7.13. The maximum Gasteiger partial charge on any atom is 0.342 e. The van der Waals surface area contributed by atoms with Crippen molar-refractivity contribution < 1.29 is 13.2 Å². The van der Waals surface area contributed by atoms with E-state index in [0.29, 0.717) is 29.5 Å². The number of thiazole rings is 1. The molecule has 10 heteroatoms. The number of sulfone groups is 1. The molecule has 3 unspecified atom stereocenters. The first kappa shape index (κ1) is 21.3. The van der Waals surface area contributed by atoms with Crippen molar-refractivity contribution in [1.29, 1.82) is 0 Å². The number of rotatable bonds is 5. The Morgan fingerprint density at radius 3 is 2.58 bits per heavy atom. The fourth-order valence-corrected chi connectivity index (χ4v) is 8.06. The third-order valence-electron chi connectivity index (χ3n) is 7.74. The first-order chi connectivity index (χ1) is 15.7. The molecule has 0 aliphatic heterocycles. The first-order valence-corrected chi connectivity index (χ1v) is 14.2. The lowest BCUT2D eigenvalue weighted by atomic mass is 9.45. The Hall–Kier alpha value is -2.23. The molecule has 1 aromatic carbocycles. The number of hydrogen-bond acceptors (Lipinski definition) is 6. The van der Waals surface area contributed by atoms with E-state index in [2.05, 4.69) is 15.8 Å². The predicted molar refractivity (Wildman–Crippen MR) is 127 cm³/mol. The SMILES string of the molecule is CS(=O)(=O)C1(c2ccn(C(=O)NC3CC4(c5nc(-c6ccc(Cl)cc6)cs5)CCC34)n2)CC1. The first-order valence-electron chi connectivity index (χ1n) is 11.0. The number of halogens is 1. The van der Waals surface area contributed by atoms with Crippen LogP contribution >= 0.6 is 22.9 Å². The molecule has 6 rings (SSSR count). The Kier molecular flexibility index (Phi) is 4.61. The number of hydrogen-bond donors (Lipinski definition) is 1. The average Bonchev–Trinajstić information content (AvgIpc) is 3.20. The highest BCUT2D eigenvalue weighted by molar-refractivity contribution is 7.91. The van der Waals surface area contributed by atoms with Crippen LogP contribution in [0.25, 0.3) is 11.3 Å². The molecular formula is C23H23ClN4O3S2. The topological polar surface area (TPSA) is 94.0 Å². The molecule has 3 fully saturated rings. The number of nitrogens with one attached hydrogen (secondary N) is 1. The fraction of sp³-hybridized carbons (Fsp3) is 0.435. The van der Waals surface area contributed by atoms with E-state index in [0.717, 1.165) is 35.5 Å². The molecule has 0 bridgehead atoms. The van der Waals surface area contributed by atoms with Gasteiger partial charge in [0.15, 0.2) is 9.84 Å². The van der Waals surface area contributed by atoms with Gasteiger partial charge in [-0.3, -0.25) is 0 Å². The van der Waals surface area contributed by atoms with Crippen molar-refractivity contribution in [3.05, 3.63) is 57.6 Å². The molecule has 3 aliphatic rings. The molecule has 1 amide bonds.